The molecule has 2 rings (SSSR count). The Labute approximate surface area is 120 Å². The number of carbonyl (C=O) groups excluding carboxylic acids is 1. The molecule has 0 aliphatic carbocycles. The Hall–Kier alpha value is -2.63. The van der Waals surface area contributed by atoms with Crippen molar-refractivity contribution in [3.63, 3.8) is 0 Å². The lowest BCUT2D eigenvalue weighted by molar-refractivity contribution is -0.114. The van der Waals surface area contributed by atoms with Gasteiger partial charge in [0.2, 0.25) is 5.91 Å². The summed E-state index contributed by atoms with van der Waals surface area (Å²) in [5.74, 6) is -1.52. The number of rotatable bonds is 4. The second kappa shape index (κ2) is 6.21. The first-order chi connectivity index (χ1) is 9.94. The van der Waals surface area contributed by atoms with Crippen LogP contribution in [-0.2, 0) is 11.3 Å². The molecular weight excluding hydrogens is 278 g/mol. The number of hydrogen-bond acceptors (Lipinski definition) is 3. The molecule has 2 aromatic carbocycles. The van der Waals surface area contributed by atoms with Crippen LogP contribution in [0, 0.1) is 11.6 Å². The molecule has 110 valence electrons. The van der Waals surface area contributed by atoms with Crippen molar-refractivity contribution < 1.29 is 18.7 Å². The van der Waals surface area contributed by atoms with Crippen molar-refractivity contribution in [3.05, 3.63) is 53.6 Å². The molecule has 0 saturated heterocycles. The van der Waals surface area contributed by atoms with Crippen LogP contribution in [0.1, 0.15) is 12.5 Å². The van der Waals surface area contributed by atoms with Crippen LogP contribution < -0.4 is 10.6 Å². The van der Waals surface area contributed by atoms with Gasteiger partial charge in [0.25, 0.3) is 0 Å². The first-order valence-corrected chi connectivity index (χ1v) is 6.23. The first kappa shape index (κ1) is 14.8. The van der Waals surface area contributed by atoms with Gasteiger partial charge in [-0.25, -0.2) is 8.78 Å². The first-order valence-electron chi connectivity index (χ1n) is 6.23. The highest BCUT2D eigenvalue weighted by Gasteiger charge is 2.06. The van der Waals surface area contributed by atoms with Crippen LogP contribution >= 0.6 is 0 Å². The van der Waals surface area contributed by atoms with E-state index in [9.17, 15) is 18.7 Å². The lowest BCUT2D eigenvalue weighted by Gasteiger charge is -2.10. The molecular formula is C15H14F2N2O2. The zero-order valence-electron chi connectivity index (χ0n) is 11.3. The summed E-state index contributed by atoms with van der Waals surface area (Å²) >= 11 is 0. The topological polar surface area (TPSA) is 61.4 Å². The predicted molar refractivity (Wildman–Crippen MR) is 76.1 cm³/mol. The molecule has 0 atom stereocenters. The van der Waals surface area contributed by atoms with E-state index in [4.69, 9.17) is 0 Å². The van der Waals surface area contributed by atoms with E-state index in [1.165, 1.54) is 37.3 Å². The van der Waals surface area contributed by atoms with Crippen LogP contribution in [-0.4, -0.2) is 11.0 Å². The van der Waals surface area contributed by atoms with Crippen molar-refractivity contribution in [1.29, 1.82) is 0 Å². The van der Waals surface area contributed by atoms with Crippen LogP contribution in [0.3, 0.4) is 0 Å². The lowest BCUT2D eigenvalue weighted by atomic mass is 10.2. The van der Waals surface area contributed by atoms with Crippen LogP contribution in [0.5, 0.6) is 5.75 Å². The van der Waals surface area contributed by atoms with E-state index in [-0.39, 0.29) is 23.9 Å². The average Bonchev–Trinajstić information content (AvgIpc) is 2.37. The fourth-order valence-corrected chi connectivity index (χ4v) is 1.87. The summed E-state index contributed by atoms with van der Waals surface area (Å²) in [7, 11) is 0. The third kappa shape index (κ3) is 4.17. The van der Waals surface area contributed by atoms with Gasteiger partial charge in [0, 0.05) is 25.2 Å². The van der Waals surface area contributed by atoms with Crippen molar-refractivity contribution in [2.45, 2.75) is 13.5 Å². The summed E-state index contributed by atoms with van der Waals surface area (Å²) in [5.41, 5.74) is 1.09. The van der Waals surface area contributed by atoms with Gasteiger partial charge in [-0.15, -0.1) is 0 Å². The molecule has 0 aromatic heterocycles. The van der Waals surface area contributed by atoms with E-state index >= 15 is 0 Å². The van der Waals surface area contributed by atoms with Gasteiger partial charge in [-0.05, 0) is 35.9 Å². The van der Waals surface area contributed by atoms with Crippen LogP contribution in [0.15, 0.2) is 36.4 Å². The van der Waals surface area contributed by atoms with E-state index in [2.05, 4.69) is 10.6 Å². The summed E-state index contributed by atoms with van der Waals surface area (Å²) < 4.78 is 26.8. The van der Waals surface area contributed by atoms with Crippen LogP contribution in [0.4, 0.5) is 20.2 Å². The highest BCUT2D eigenvalue weighted by atomic mass is 19.1. The fourth-order valence-electron chi connectivity index (χ4n) is 1.87. The highest BCUT2D eigenvalue weighted by molar-refractivity contribution is 5.89. The van der Waals surface area contributed by atoms with Crippen molar-refractivity contribution in [2.24, 2.45) is 0 Å². The van der Waals surface area contributed by atoms with Crippen LogP contribution in [0.2, 0.25) is 0 Å². The highest BCUT2D eigenvalue weighted by Crippen LogP contribution is 2.21. The summed E-state index contributed by atoms with van der Waals surface area (Å²) in [6.45, 7) is 1.48. The Kier molecular flexibility index (Phi) is 4.37. The van der Waals surface area contributed by atoms with E-state index < -0.39 is 11.6 Å². The number of halogens is 2. The summed E-state index contributed by atoms with van der Waals surface area (Å²) in [6, 6.07) is 7.71. The number of benzene rings is 2. The Morgan fingerprint density at radius 1 is 1.19 bits per heavy atom. The number of phenols is 1. The molecule has 0 saturated carbocycles. The second-order valence-corrected chi connectivity index (χ2v) is 4.55. The maximum absolute atomic E-state index is 13.7. The number of nitrogens with one attached hydrogen (secondary N) is 2. The van der Waals surface area contributed by atoms with Gasteiger partial charge < -0.3 is 15.7 Å². The van der Waals surface area contributed by atoms with Gasteiger partial charge in [-0.2, -0.15) is 0 Å². The zero-order chi connectivity index (χ0) is 15.4. The SMILES string of the molecule is CC(=O)Nc1ccc(F)c(NCc2cc(O)cc(F)c2)c1. The molecule has 0 aliphatic rings. The molecule has 0 unspecified atom stereocenters. The molecule has 0 bridgehead atoms. The van der Waals surface area contributed by atoms with Crippen molar-refractivity contribution in [2.75, 3.05) is 10.6 Å². The van der Waals surface area contributed by atoms with E-state index in [0.717, 1.165) is 6.07 Å². The average molecular weight is 292 g/mol. The van der Waals surface area contributed by atoms with Gasteiger partial charge in [0.15, 0.2) is 0 Å². The maximum atomic E-state index is 13.7. The molecule has 1 amide bonds. The minimum Gasteiger partial charge on any atom is -0.508 e. The maximum Gasteiger partial charge on any atom is 0.221 e. The van der Waals surface area contributed by atoms with Gasteiger partial charge in [-0.3, -0.25) is 4.79 Å². The van der Waals surface area contributed by atoms with Gasteiger partial charge in [0.05, 0.1) is 5.69 Å². The summed E-state index contributed by atoms with van der Waals surface area (Å²) in [5, 5.41) is 14.6. The minimum absolute atomic E-state index is 0.131. The smallest absolute Gasteiger partial charge is 0.221 e. The van der Waals surface area contributed by atoms with E-state index in [1.807, 2.05) is 0 Å². The van der Waals surface area contributed by atoms with Crippen molar-refractivity contribution in [1.82, 2.24) is 0 Å². The Morgan fingerprint density at radius 2 is 1.95 bits per heavy atom. The molecule has 6 heteroatoms. The van der Waals surface area contributed by atoms with Crippen molar-refractivity contribution >= 4 is 17.3 Å². The summed E-state index contributed by atoms with van der Waals surface area (Å²) in [6.07, 6.45) is 0. The molecule has 0 spiro atoms. The predicted octanol–water partition coefficient (Wildman–Crippen LogP) is 3.24. The standard InChI is InChI=1S/C15H14F2N2O2/c1-9(20)19-12-2-3-14(17)15(7-12)18-8-10-4-11(16)6-13(21)5-10/h2-7,18,21H,8H2,1H3,(H,19,20). The number of aromatic hydroxyl groups is 1. The number of amides is 1. The number of carbonyl (C=O) groups is 1. The Bertz CT molecular complexity index is 654. The molecule has 2 aromatic rings. The zero-order valence-corrected chi connectivity index (χ0v) is 11.3. The summed E-state index contributed by atoms with van der Waals surface area (Å²) in [4.78, 5) is 11.0. The van der Waals surface area contributed by atoms with Gasteiger partial charge in [-0.1, -0.05) is 0 Å². The minimum atomic E-state index is -0.570. The van der Waals surface area contributed by atoms with E-state index in [0.29, 0.717) is 11.3 Å². The monoisotopic (exact) mass is 292 g/mol. The molecule has 0 radical (unpaired) electrons. The Balaban J connectivity index is 2.13. The second-order valence-electron chi connectivity index (χ2n) is 4.55. The lowest BCUT2D eigenvalue weighted by Crippen LogP contribution is -2.07. The quantitative estimate of drug-likeness (QED) is 0.810. The molecule has 3 N–H and O–H groups in total. The van der Waals surface area contributed by atoms with Gasteiger partial charge in [0.1, 0.15) is 17.4 Å². The third-order valence-corrected chi connectivity index (χ3v) is 2.71. The molecule has 0 aliphatic heterocycles. The van der Waals surface area contributed by atoms with Crippen molar-refractivity contribution in [3.8, 4) is 5.75 Å². The van der Waals surface area contributed by atoms with E-state index in [1.54, 1.807) is 0 Å². The largest absolute Gasteiger partial charge is 0.508 e. The molecule has 21 heavy (non-hydrogen) atoms. The number of phenolic OH excluding ortho intramolecular Hbond substituents is 1. The number of hydrogen-bond donors (Lipinski definition) is 3. The fraction of sp³-hybridized carbons (Fsp3) is 0.133. The number of anilines is 2. The normalized spacial score (nSPS) is 10.2. The molecule has 4 nitrogen and oxygen atoms in total. The Morgan fingerprint density at radius 3 is 2.62 bits per heavy atom. The molecule has 0 fully saturated rings. The third-order valence-electron chi connectivity index (χ3n) is 2.71. The van der Waals surface area contributed by atoms with Crippen LogP contribution in [0.25, 0.3) is 0 Å². The molecule has 0 heterocycles. The van der Waals surface area contributed by atoms with Gasteiger partial charge >= 0.3 is 0 Å².